The van der Waals surface area contributed by atoms with Crippen molar-refractivity contribution >= 4 is 21.8 Å². The number of fused-ring (bicyclic) bond motifs is 4. The van der Waals surface area contributed by atoms with E-state index in [1.165, 1.54) is 38.8 Å². The van der Waals surface area contributed by atoms with Crippen LogP contribution in [0, 0.1) is 0 Å². The van der Waals surface area contributed by atoms with Gasteiger partial charge >= 0.3 is 0 Å². The molecule has 4 aromatic carbocycles. The van der Waals surface area contributed by atoms with Gasteiger partial charge in [0, 0.05) is 12.8 Å². The molecule has 3 aliphatic rings. The van der Waals surface area contributed by atoms with Crippen molar-refractivity contribution < 1.29 is 9.47 Å². The van der Waals surface area contributed by atoms with Crippen molar-refractivity contribution in [3.05, 3.63) is 97.1 Å². The Morgan fingerprint density at radius 3 is 1.09 bits per heavy atom. The van der Waals surface area contributed by atoms with E-state index in [2.05, 4.69) is 97.1 Å². The lowest BCUT2D eigenvalue weighted by Gasteiger charge is -2.28. The summed E-state index contributed by atoms with van der Waals surface area (Å²) in [7, 11) is -0.0282. The first-order valence-corrected chi connectivity index (χ1v) is 14.1. The number of ether oxygens (including phenoxy) is 2. The van der Waals surface area contributed by atoms with Gasteiger partial charge < -0.3 is 9.47 Å². The first-order chi connectivity index (χ1) is 16.4. The van der Waals surface area contributed by atoms with E-state index in [0.29, 0.717) is 10.5 Å². The van der Waals surface area contributed by atoms with E-state index in [1.807, 2.05) is 0 Å². The number of rotatable bonds is 2. The zero-order chi connectivity index (χ0) is 21.8. The Bertz CT molecular complexity index is 1160. The molecule has 1 saturated carbocycles. The van der Waals surface area contributed by atoms with Crippen LogP contribution in [0.1, 0.15) is 19.3 Å². The summed E-state index contributed by atoms with van der Waals surface area (Å²) < 4.78 is 12.7. The van der Waals surface area contributed by atoms with Crippen LogP contribution in [0.5, 0.6) is 23.0 Å². The summed E-state index contributed by atoms with van der Waals surface area (Å²) in [5.41, 5.74) is 0. The maximum Gasteiger partial charge on any atom is 0.203 e. The topological polar surface area (TPSA) is 18.5 Å². The summed E-state index contributed by atoms with van der Waals surface area (Å²) in [6, 6.07) is 34.7. The molecular formula is C29H24O2S2+2. The highest BCUT2D eigenvalue weighted by Crippen LogP contribution is 2.54. The largest absolute Gasteiger partial charge is 0.447 e. The highest BCUT2D eigenvalue weighted by molar-refractivity contribution is 8.01. The van der Waals surface area contributed by atoms with Crippen LogP contribution in [0.3, 0.4) is 0 Å². The van der Waals surface area contributed by atoms with Crippen LogP contribution in [0.25, 0.3) is 0 Å². The molecular weight excluding hydrogens is 444 g/mol. The molecule has 2 nitrogen and oxygen atoms in total. The highest BCUT2D eigenvalue weighted by Gasteiger charge is 2.57. The first kappa shape index (κ1) is 19.6. The van der Waals surface area contributed by atoms with Crippen LogP contribution < -0.4 is 9.47 Å². The van der Waals surface area contributed by atoms with Gasteiger partial charge in [-0.05, 0) is 55.0 Å². The van der Waals surface area contributed by atoms with E-state index >= 15 is 0 Å². The molecule has 4 aromatic rings. The molecule has 7 rings (SSSR count). The van der Waals surface area contributed by atoms with Gasteiger partial charge in [-0.15, -0.1) is 0 Å². The van der Waals surface area contributed by atoms with E-state index in [4.69, 9.17) is 9.47 Å². The minimum Gasteiger partial charge on any atom is -0.447 e. The molecule has 162 valence electrons. The second kappa shape index (κ2) is 7.89. The average Bonchev–Trinajstić information content (AvgIpc) is 3.34. The molecule has 0 amide bonds. The number of para-hydroxylation sites is 4. The maximum absolute atomic E-state index is 6.35. The zero-order valence-electron chi connectivity index (χ0n) is 18.1. The van der Waals surface area contributed by atoms with Gasteiger partial charge in [0.05, 0.1) is 21.8 Å². The molecule has 1 aliphatic carbocycles. The Kier molecular flexibility index (Phi) is 4.70. The molecule has 0 unspecified atom stereocenters. The van der Waals surface area contributed by atoms with Crippen molar-refractivity contribution in [1.29, 1.82) is 0 Å². The van der Waals surface area contributed by atoms with E-state index in [1.54, 1.807) is 0 Å². The van der Waals surface area contributed by atoms with Gasteiger partial charge in [-0.1, -0.05) is 48.5 Å². The molecule has 2 atom stereocenters. The van der Waals surface area contributed by atoms with Gasteiger partial charge in [-0.2, -0.15) is 0 Å². The fraction of sp³-hybridized carbons (Fsp3) is 0.172. The van der Waals surface area contributed by atoms with E-state index in [0.717, 1.165) is 23.0 Å². The minimum atomic E-state index is -0.0141. The zero-order valence-corrected chi connectivity index (χ0v) is 19.8. The van der Waals surface area contributed by atoms with Crippen LogP contribution in [0.15, 0.2) is 117 Å². The Morgan fingerprint density at radius 2 is 0.758 bits per heavy atom. The summed E-state index contributed by atoms with van der Waals surface area (Å²) in [5.74, 6) is 4.12. The molecule has 2 aliphatic heterocycles. The first-order valence-electron chi connectivity index (χ1n) is 11.6. The Balaban J connectivity index is 1.39. The van der Waals surface area contributed by atoms with Crippen LogP contribution in [0.4, 0.5) is 0 Å². The molecule has 2 heterocycles. The number of benzene rings is 4. The fourth-order valence-corrected chi connectivity index (χ4v) is 11.8. The van der Waals surface area contributed by atoms with E-state index in [-0.39, 0.29) is 21.8 Å². The molecule has 0 spiro atoms. The van der Waals surface area contributed by atoms with E-state index < -0.39 is 0 Å². The van der Waals surface area contributed by atoms with Crippen molar-refractivity contribution in [3.63, 3.8) is 0 Å². The smallest absolute Gasteiger partial charge is 0.203 e. The fourth-order valence-electron chi connectivity index (χ4n) is 5.42. The molecule has 0 aromatic heterocycles. The van der Waals surface area contributed by atoms with Crippen molar-refractivity contribution in [2.45, 2.75) is 49.3 Å². The lowest BCUT2D eigenvalue weighted by molar-refractivity contribution is 0.451. The normalized spacial score (nSPS) is 21.2. The summed E-state index contributed by atoms with van der Waals surface area (Å²) in [4.78, 5) is 5.47. The number of hydrogen-bond acceptors (Lipinski definition) is 2. The van der Waals surface area contributed by atoms with Crippen LogP contribution in [-0.4, -0.2) is 10.5 Å². The molecule has 0 radical (unpaired) electrons. The molecule has 33 heavy (non-hydrogen) atoms. The van der Waals surface area contributed by atoms with Crippen molar-refractivity contribution in [1.82, 2.24) is 0 Å². The summed E-state index contributed by atoms with van der Waals surface area (Å²) in [5, 5.41) is 1.16. The minimum absolute atomic E-state index is 0.0141. The van der Waals surface area contributed by atoms with Gasteiger partial charge in [-0.3, -0.25) is 0 Å². The third-order valence-corrected chi connectivity index (χ3v) is 12.5. The van der Waals surface area contributed by atoms with Crippen molar-refractivity contribution in [3.8, 4) is 23.0 Å². The summed E-state index contributed by atoms with van der Waals surface area (Å²) >= 11 is 0. The predicted molar refractivity (Wildman–Crippen MR) is 135 cm³/mol. The number of hydrogen-bond donors (Lipinski definition) is 0. The monoisotopic (exact) mass is 468 g/mol. The Morgan fingerprint density at radius 1 is 0.455 bits per heavy atom. The second-order valence-corrected chi connectivity index (χ2v) is 13.0. The molecule has 4 heteroatoms. The quantitative estimate of drug-likeness (QED) is 0.282. The molecule has 1 fully saturated rings. The van der Waals surface area contributed by atoms with Gasteiger partial charge in [0.15, 0.2) is 33.5 Å². The summed E-state index contributed by atoms with van der Waals surface area (Å²) in [6.45, 7) is 0. The highest BCUT2D eigenvalue weighted by atomic mass is 32.2. The third kappa shape index (κ3) is 3.12. The van der Waals surface area contributed by atoms with Gasteiger partial charge in [0.1, 0.15) is 0 Å². The lowest BCUT2D eigenvalue weighted by atomic mass is 10.3. The lowest BCUT2D eigenvalue weighted by Crippen LogP contribution is -2.38. The molecule has 0 saturated heterocycles. The van der Waals surface area contributed by atoms with Crippen LogP contribution in [-0.2, 0) is 21.8 Å². The summed E-state index contributed by atoms with van der Waals surface area (Å²) in [6.07, 6.45) is 3.79. The van der Waals surface area contributed by atoms with Gasteiger partial charge in [0.25, 0.3) is 0 Å². The maximum atomic E-state index is 6.35. The standard InChI is InChI=1S/C29H24O2S2/c1-5-14-24-20(10-1)30-21-11-2-6-15-25(21)32(24)28-18-9-19-29(28)33-26-16-7-3-12-22(26)31-23-13-4-8-17-27(23)33/h1-8,10-17,28-29H,9,18-19H2/q+2/t28-,29-/m1/s1. The van der Waals surface area contributed by atoms with E-state index in [9.17, 15) is 0 Å². The van der Waals surface area contributed by atoms with Crippen LogP contribution >= 0.6 is 0 Å². The van der Waals surface area contributed by atoms with Gasteiger partial charge in [0.2, 0.25) is 19.6 Å². The Hall–Kier alpha value is -2.82. The predicted octanol–water partition coefficient (Wildman–Crippen LogP) is 7.59. The Labute approximate surface area is 200 Å². The molecule has 0 bridgehead atoms. The SMILES string of the molecule is c1ccc2c(c1)Oc1ccccc1[S+]2[C@@H]1CCC[C@H]1[S+]1c2ccccc2Oc2ccccc21. The third-order valence-electron chi connectivity index (χ3n) is 6.78. The van der Waals surface area contributed by atoms with Crippen LogP contribution in [0.2, 0.25) is 0 Å². The average molecular weight is 469 g/mol. The van der Waals surface area contributed by atoms with Crippen molar-refractivity contribution in [2.75, 3.05) is 0 Å². The molecule has 0 N–H and O–H groups in total. The van der Waals surface area contributed by atoms with Gasteiger partial charge in [-0.25, -0.2) is 0 Å². The van der Waals surface area contributed by atoms with Crippen molar-refractivity contribution in [2.24, 2.45) is 0 Å². The second-order valence-electron chi connectivity index (χ2n) is 8.67.